The molecule has 0 aliphatic heterocycles. The first-order valence-electron chi connectivity index (χ1n) is 9.29. The lowest BCUT2D eigenvalue weighted by Crippen LogP contribution is -2.55. The number of allylic oxidation sites excluding steroid dienone is 2. The van der Waals surface area contributed by atoms with Gasteiger partial charge in [-0.1, -0.05) is 96.2 Å². The van der Waals surface area contributed by atoms with Gasteiger partial charge in [-0.15, -0.1) is 0 Å². The Morgan fingerprint density at radius 2 is 1.52 bits per heavy atom. The third-order valence-corrected chi connectivity index (χ3v) is 9.63. The Balaban J connectivity index is 2.23. The van der Waals surface area contributed by atoms with Crippen LogP contribution < -0.4 is 10.4 Å². The molecule has 0 saturated carbocycles. The van der Waals surface area contributed by atoms with E-state index in [4.69, 9.17) is 0 Å². The summed E-state index contributed by atoms with van der Waals surface area (Å²) in [5.74, 6) is 0.546. The normalized spacial score (nSPS) is 13.5. The molecular formula is C23H30OSi. The van der Waals surface area contributed by atoms with E-state index < -0.39 is 8.07 Å². The van der Waals surface area contributed by atoms with Gasteiger partial charge in [0.15, 0.2) is 0 Å². The molecule has 2 rings (SSSR count). The van der Waals surface area contributed by atoms with Crippen molar-refractivity contribution >= 4 is 24.7 Å². The van der Waals surface area contributed by atoms with Gasteiger partial charge >= 0.3 is 0 Å². The Morgan fingerprint density at radius 1 is 1.00 bits per heavy atom. The second kappa shape index (κ2) is 9.52. The third kappa shape index (κ3) is 5.27. The number of aldehydes is 1. The van der Waals surface area contributed by atoms with Crippen molar-refractivity contribution in [3.63, 3.8) is 0 Å². The molecule has 0 fully saturated rings. The number of unbranched alkanes of at least 4 members (excludes halogenated alkanes) is 1. The van der Waals surface area contributed by atoms with Crippen LogP contribution in [0.25, 0.3) is 0 Å². The van der Waals surface area contributed by atoms with Crippen molar-refractivity contribution in [3.8, 4) is 0 Å². The summed E-state index contributed by atoms with van der Waals surface area (Å²) in [7, 11) is -1.78. The smallest absolute Gasteiger partial charge is 0.119 e. The zero-order valence-electron chi connectivity index (χ0n) is 15.7. The summed E-state index contributed by atoms with van der Waals surface area (Å²) in [6.07, 6.45) is 6.24. The summed E-state index contributed by atoms with van der Waals surface area (Å²) in [5, 5.41) is 2.97. The maximum Gasteiger partial charge on any atom is 0.119 e. The Labute approximate surface area is 153 Å². The fourth-order valence-corrected chi connectivity index (χ4v) is 6.71. The fraction of sp³-hybridized carbons (Fsp3) is 0.348. The summed E-state index contributed by atoms with van der Waals surface area (Å²) in [4.78, 5) is 10.5. The molecule has 0 bridgehead atoms. The first-order valence-corrected chi connectivity index (χ1v) is 12.0. The van der Waals surface area contributed by atoms with Crippen molar-refractivity contribution in [2.45, 2.75) is 45.7 Å². The van der Waals surface area contributed by atoms with E-state index in [-0.39, 0.29) is 0 Å². The van der Waals surface area contributed by atoms with Gasteiger partial charge in [0.2, 0.25) is 0 Å². The molecule has 1 unspecified atom stereocenters. The van der Waals surface area contributed by atoms with Crippen molar-refractivity contribution < 1.29 is 4.79 Å². The minimum atomic E-state index is -1.78. The molecule has 0 aromatic heterocycles. The van der Waals surface area contributed by atoms with Crippen LogP contribution in [0.4, 0.5) is 0 Å². The lowest BCUT2D eigenvalue weighted by molar-refractivity contribution is -0.107. The molecule has 2 heteroatoms. The second-order valence-electron chi connectivity index (χ2n) is 7.22. The first-order chi connectivity index (χ1) is 12.1. The number of benzene rings is 2. The van der Waals surface area contributed by atoms with E-state index in [0.717, 1.165) is 25.2 Å². The maximum atomic E-state index is 10.5. The monoisotopic (exact) mass is 350 g/mol. The quantitative estimate of drug-likeness (QED) is 0.274. The average molecular weight is 351 g/mol. The van der Waals surface area contributed by atoms with E-state index in [1.807, 2.05) is 0 Å². The van der Waals surface area contributed by atoms with Crippen LogP contribution in [0.2, 0.25) is 12.6 Å². The van der Waals surface area contributed by atoms with Crippen LogP contribution in [0, 0.1) is 5.92 Å². The summed E-state index contributed by atoms with van der Waals surface area (Å²) in [5.41, 5.74) is 1.46. The predicted octanol–water partition coefficient (Wildman–Crippen LogP) is 4.83. The number of rotatable bonds is 9. The van der Waals surface area contributed by atoms with Crippen LogP contribution in [-0.2, 0) is 4.79 Å². The van der Waals surface area contributed by atoms with Gasteiger partial charge < -0.3 is 4.79 Å². The van der Waals surface area contributed by atoms with Crippen LogP contribution in [0.1, 0.15) is 33.1 Å². The molecule has 132 valence electrons. The van der Waals surface area contributed by atoms with Crippen molar-refractivity contribution in [1.29, 1.82) is 0 Å². The van der Waals surface area contributed by atoms with Gasteiger partial charge in [-0.05, 0) is 31.7 Å². The molecule has 25 heavy (non-hydrogen) atoms. The maximum absolute atomic E-state index is 10.5. The zero-order valence-corrected chi connectivity index (χ0v) is 16.7. The van der Waals surface area contributed by atoms with Gasteiger partial charge in [-0.3, -0.25) is 0 Å². The van der Waals surface area contributed by atoms with E-state index in [2.05, 4.69) is 87.1 Å². The van der Waals surface area contributed by atoms with E-state index in [1.54, 1.807) is 0 Å². The SMILES string of the molecule is C/C(=C\C[Si](C)(c1ccccc1)c1ccccc1)C(C)CCCC=O. The minimum absolute atomic E-state index is 0.546. The van der Waals surface area contributed by atoms with E-state index >= 15 is 0 Å². The Kier molecular flexibility index (Phi) is 7.39. The van der Waals surface area contributed by atoms with Gasteiger partial charge in [-0.2, -0.15) is 0 Å². The van der Waals surface area contributed by atoms with Crippen molar-refractivity contribution in [2.24, 2.45) is 5.92 Å². The molecule has 0 aliphatic carbocycles. The average Bonchev–Trinajstić information content (AvgIpc) is 2.67. The highest BCUT2D eigenvalue weighted by molar-refractivity contribution is 7.01. The highest BCUT2D eigenvalue weighted by Crippen LogP contribution is 2.20. The standard InChI is InChI=1S/C23H30OSi/c1-20(12-10-11-18-24)21(2)17-19-25(3,22-13-6-4-7-14-22)23-15-8-5-9-16-23/h4-9,13-18,20H,10-12,19H2,1-3H3/b21-17+. The summed E-state index contributed by atoms with van der Waals surface area (Å²) in [6, 6.07) is 23.1. The molecular weight excluding hydrogens is 320 g/mol. The van der Waals surface area contributed by atoms with Crippen LogP contribution >= 0.6 is 0 Å². The second-order valence-corrected chi connectivity index (χ2v) is 11.4. The molecule has 0 saturated heterocycles. The molecule has 0 radical (unpaired) electrons. The molecule has 2 aromatic carbocycles. The lowest BCUT2D eigenvalue weighted by Gasteiger charge is -2.28. The summed E-state index contributed by atoms with van der Waals surface area (Å²) in [6.45, 7) is 7.00. The Hall–Kier alpha value is -1.93. The molecule has 0 N–H and O–H groups in total. The van der Waals surface area contributed by atoms with Crippen LogP contribution in [-0.4, -0.2) is 14.4 Å². The Morgan fingerprint density at radius 3 is 2.00 bits per heavy atom. The van der Waals surface area contributed by atoms with Gasteiger partial charge in [0.1, 0.15) is 14.4 Å². The number of carbonyl (C=O) groups excluding carboxylic acids is 1. The van der Waals surface area contributed by atoms with E-state index in [1.165, 1.54) is 15.9 Å². The van der Waals surface area contributed by atoms with Crippen LogP contribution in [0.15, 0.2) is 72.3 Å². The van der Waals surface area contributed by atoms with Gasteiger partial charge in [0.05, 0.1) is 0 Å². The molecule has 1 nitrogen and oxygen atoms in total. The third-order valence-electron chi connectivity index (χ3n) is 5.39. The molecule has 0 heterocycles. The van der Waals surface area contributed by atoms with Gasteiger partial charge in [-0.25, -0.2) is 0 Å². The highest BCUT2D eigenvalue weighted by atomic mass is 28.3. The molecule has 0 amide bonds. The van der Waals surface area contributed by atoms with Gasteiger partial charge in [0, 0.05) is 6.42 Å². The Bertz CT molecular complexity index is 636. The minimum Gasteiger partial charge on any atom is -0.303 e. The van der Waals surface area contributed by atoms with Crippen molar-refractivity contribution in [3.05, 3.63) is 72.3 Å². The molecule has 1 atom stereocenters. The van der Waals surface area contributed by atoms with Crippen LogP contribution in [0.3, 0.4) is 0 Å². The number of hydrogen-bond donors (Lipinski definition) is 0. The first kappa shape index (κ1) is 19.4. The molecule has 0 spiro atoms. The summed E-state index contributed by atoms with van der Waals surface area (Å²) >= 11 is 0. The summed E-state index contributed by atoms with van der Waals surface area (Å²) < 4.78 is 0. The largest absolute Gasteiger partial charge is 0.303 e. The lowest BCUT2D eigenvalue weighted by atomic mass is 9.96. The zero-order chi connectivity index (χ0) is 18.1. The van der Waals surface area contributed by atoms with Crippen molar-refractivity contribution in [1.82, 2.24) is 0 Å². The number of hydrogen-bond acceptors (Lipinski definition) is 1. The van der Waals surface area contributed by atoms with E-state index in [0.29, 0.717) is 12.3 Å². The van der Waals surface area contributed by atoms with Crippen LogP contribution in [0.5, 0.6) is 0 Å². The van der Waals surface area contributed by atoms with E-state index in [9.17, 15) is 4.79 Å². The van der Waals surface area contributed by atoms with Gasteiger partial charge in [0.25, 0.3) is 0 Å². The molecule has 2 aromatic rings. The number of carbonyl (C=O) groups is 1. The van der Waals surface area contributed by atoms with Crippen molar-refractivity contribution in [2.75, 3.05) is 0 Å². The highest BCUT2D eigenvalue weighted by Gasteiger charge is 2.30. The topological polar surface area (TPSA) is 17.1 Å². The fourth-order valence-electron chi connectivity index (χ4n) is 3.32. The predicted molar refractivity (Wildman–Crippen MR) is 111 cm³/mol. The molecule has 0 aliphatic rings.